The minimum absolute atomic E-state index is 0.227. The van der Waals surface area contributed by atoms with Gasteiger partial charge in [0, 0.05) is 19.8 Å². The first kappa shape index (κ1) is 12.2. The van der Waals surface area contributed by atoms with Crippen LogP contribution in [-0.2, 0) is 4.74 Å². The fraction of sp³-hybridized carbons (Fsp3) is 0.636. The molecule has 94 valence electrons. The van der Waals surface area contributed by atoms with Gasteiger partial charge in [0.1, 0.15) is 6.33 Å². The zero-order valence-electron chi connectivity index (χ0n) is 9.87. The van der Waals surface area contributed by atoms with Gasteiger partial charge in [0.15, 0.2) is 11.6 Å². The molecule has 0 aliphatic carbocycles. The Morgan fingerprint density at radius 3 is 2.82 bits per heavy atom. The predicted molar refractivity (Wildman–Crippen MR) is 62.2 cm³/mol. The van der Waals surface area contributed by atoms with Gasteiger partial charge in [-0.05, 0) is 19.8 Å². The van der Waals surface area contributed by atoms with E-state index in [0.717, 1.165) is 12.8 Å². The van der Waals surface area contributed by atoms with Gasteiger partial charge in [-0.3, -0.25) is 0 Å². The van der Waals surface area contributed by atoms with Gasteiger partial charge in [0.2, 0.25) is 0 Å². The van der Waals surface area contributed by atoms with Gasteiger partial charge in [-0.15, -0.1) is 0 Å². The Balaban J connectivity index is 2.20. The van der Waals surface area contributed by atoms with E-state index < -0.39 is 5.82 Å². The van der Waals surface area contributed by atoms with Crippen molar-refractivity contribution in [2.75, 3.05) is 25.1 Å². The highest BCUT2D eigenvalue weighted by atomic mass is 19.1. The van der Waals surface area contributed by atoms with Crippen molar-refractivity contribution in [3.8, 4) is 0 Å². The summed E-state index contributed by atoms with van der Waals surface area (Å²) in [5, 5.41) is 3.12. The molecular weight excluding hydrogens is 223 g/mol. The number of ether oxygens (including phenoxy) is 1. The first-order valence-corrected chi connectivity index (χ1v) is 5.70. The molecule has 1 aromatic rings. The van der Waals surface area contributed by atoms with Gasteiger partial charge < -0.3 is 15.8 Å². The van der Waals surface area contributed by atoms with E-state index in [1.807, 2.05) is 0 Å². The third kappa shape index (κ3) is 2.53. The van der Waals surface area contributed by atoms with Crippen LogP contribution in [0.25, 0.3) is 0 Å². The molecule has 1 fully saturated rings. The molecule has 0 aromatic carbocycles. The van der Waals surface area contributed by atoms with Gasteiger partial charge in [-0.1, -0.05) is 0 Å². The third-order valence-corrected chi connectivity index (χ3v) is 3.19. The lowest BCUT2D eigenvalue weighted by Crippen LogP contribution is -2.50. The summed E-state index contributed by atoms with van der Waals surface area (Å²) in [6.07, 6.45) is 2.86. The summed E-state index contributed by atoms with van der Waals surface area (Å²) in [6, 6.07) is 0. The lowest BCUT2D eigenvalue weighted by atomic mass is 9.90. The van der Waals surface area contributed by atoms with Crippen molar-refractivity contribution in [3.05, 3.63) is 17.8 Å². The molecule has 0 unspecified atom stereocenters. The molecule has 1 aliphatic heterocycles. The Labute approximate surface area is 99.6 Å². The number of halogens is 1. The number of rotatable bonds is 3. The van der Waals surface area contributed by atoms with Gasteiger partial charge in [0.05, 0.1) is 11.2 Å². The number of anilines is 1. The van der Waals surface area contributed by atoms with Crippen LogP contribution in [-0.4, -0.2) is 35.3 Å². The maximum Gasteiger partial charge on any atom is 0.186 e. The summed E-state index contributed by atoms with van der Waals surface area (Å²) in [4.78, 5) is 7.73. The van der Waals surface area contributed by atoms with E-state index in [1.165, 1.54) is 6.33 Å². The molecule has 6 heteroatoms. The van der Waals surface area contributed by atoms with Crippen LogP contribution >= 0.6 is 0 Å². The van der Waals surface area contributed by atoms with Crippen LogP contribution in [0.5, 0.6) is 0 Å². The molecule has 0 bridgehead atoms. The molecule has 0 spiro atoms. The minimum atomic E-state index is -0.410. The van der Waals surface area contributed by atoms with Crippen molar-refractivity contribution in [2.24, 2.45) is 5.73 Å². The zero-order valence-corrected chi connectivity index (χ0v) is 9.87. The maximum absolute atomic E-state index is 13.8. The third-order valence-electron chi connectivity index (χ3n) is 3.19. The van der Waals surface area contributed by atoms with E-state index >= 15 is 0 Å². The predicted octanol–water partition coefficient (Wildman–Crippen LogP) is 0.844. The van der Waals surface area contributed by atoms with Gasteiger partial charge in [-0.25, -0.2) is 14.4 Å². The highest BCUT2D eigenvalue weighted by Gasteiger charge is 2.32. The Bertz CT molecular complexity index is 393. The largest absolute Gasteiger partial charge is 0.381 e. The fourth-order valence-electron chi connectivity index (χ4n) is 1.94. The number of hydrogen-bond donors (Lipinski definition) is 2. The number of hydrogen-bond acceptors (Lipinski definition) is 5. The van der Waals surface area contributed by atoms with Gasteiger partial charge >= 0.3 is 0 Å². The standard InChI is InChI=1S/C11H17FN4O/c1-8-9(12)10(15-7-14-8)16-11(6-13)2-4-17-5-3-11/h7H,2-6,13H2,1H3,(H,14,15,16). The molecule has 2 heterocycles. The molecule has 0 saturated carbocycles. The van der Waals surface area contributed by atoms with E-state index in [4.69, 9.17) is 10.5 Å². The van der Waals surface area contributed by atoms with Crippen molar-refractivity contribution in [2.45, 2.75) is 25.3 Å². The van der Waals surface area contributed by atoms with E-state index in [2.05, 4.69) is 15.3 Å². The second-order valence-corrected chi connectivity index (χ2v) is 4.34. The molecule has 1 aliphatic rings. The van der Waals surface area contributed by atoms with Crippen LogP contribution < -0.4 is 11.1 Å². The summed E-state index contributed by atoms with van der Waals surface area (Å²) in [7, 11) is 0. The number of nitrogens with zero attached hydrogens (tertiary/aromatic N) is 2. The van der Waals surface area contributed by atoms with Crippen molar-refractivity contribution < 1.29 is 9.13 Å². The monoisotopic (exact) mass is 240 g/mol. The first-order chi connectivity index (χ1) is 8.17. The molecule has 5 nitrogen and oxygen atoms in total. The normalized spacial score (nSPS) is 19.0. The van der Waals surface area contributed by atoms with Crippen LogP contribution in [0.2, 0.25) is 0 Å². The summed E-state index contributed by atoms with van der Waals surface area (Å²) in [6.45, 7) is 3.31. The van der Waals surface area contributed by atoms with E-state index in [9.17, 15) is 4.39 Å². The average molecular weight is 240 g/mol. The lowest BCUT2D eigenvalue weighted by Gasteiger charge is -2.37. The van der Waals surface area contributed by atoms with Crippen molar-refractivity contribution >= 4 is 5.82 Å². The molecular formula is C11H17FN4O. The summed E-state index contributed by atoms with van der Waals surface area (Å²) >= 11 is 0. The Kier molecular flexibility index (Phi) is 3.54. The second-order valence-electron chi connectivity index (χ2n) is 4.34. The highest BCUT2D eigenvalue weighted by molar-refractivity contribution is 5.40. The van der Waals surface area contributed by atoms with Crippen LogP contribution in [0.15, 0.2) is 6.33 Å². The number of aromatic nitrogens is 2. The molecule has 1 saturated heterocycles. The van der Waals surface area contributed by atoms with Gasteiger partial charge in [0.25, 0.3) is 0 Å². The first-order valence-electron chi connectivity index (χ1n) is 5.70. The van der Waals surface area contributed by atoms with Crippen LogP contribution in [0.4, 0.5) is 10.2 Å². The topological polar surface area (TPSA) is 73.1 Å². The van der Waals surface area contributed by atoms with Crippen molar-refractivity contribution in [1.29, 1.82) is 0 Å². The molecule has 3 N–H and O–H groups in total. The maximum atomic E-state index is 13.8. The minimum Gasteiger partial charge on any atom is -0.381 e. The lowest BCUT2D eigenvalue weighted by molar-refractivity contribution is 0.0625. The number of nitrogens with one attached hydrogen (secondary N) is 1. The van der Waals surface area contributed by atoms with E-state index in [-0.39, 0.29) is 11.4 Å². The molecule has 0 amide bonds. The van der Waals surface area contributed by atoms with Crippen LogP contribution in [0.3, 0.4) is 0 Å². The highest BCUT2D eigenvalue weighted by Crippen LogP contribution is 2.25. The molecule has 0 radical (unpaired) electrons. The molecule has 17 heavy (non-hydrogen) atoms. The molecule has 0 atom stereocenters. The smallest absolute Gasteiger partial charge is 0.186 e. The van der Waals surface area contributed by atoms with Crippen molar-refractivity contribution in [1.82, 2.24) is 9.97 Å². The number of aryl methyl sites for hydroxylation is 1. The number of nitrogens with two attached hydrogens (primary N) is 1. The van der Waals surface area contributed by atoms with E-state index in [0.29, 0.717) is 25.5 Å². The summed E-state index contributed by atoms with van der Waals surface area (Å²) in [5.74, 6) is -0.184. The second kappa shape index (κ2) is 4.93. The van der Waals surface area contributed by atoms with E-state index in [1.54, 1.807) is 6.92 Å². The van der Waals surface area contributed by atoms with Crippen LogP contribution in [0.1, 0.15) is 18.5 Å². The Hall–Kier alpha value is -1.27. The molecule has 1 aromatic heterocycles. The molecule has 2 rings (SSSR count). The average Bonchev–Trinajstić information content (AvgIpc) is 2.36. The Morgan fingerprint density at radius 2 is 2.18 bits per heavy atom. The van der Waals surface area contributed by atoms with Gasteiger partial charge in [-0.2, -0.15) is 0 Å². The Morgan fingerprint density at radius 1 is 1.47 bits per heavy atom. The quantitative estimate of drug-likeness (QED) is 0.819. The van der Waals surface area contributed by atoms with Crippen LogP contribution in [0, 0.1) is 12.7 Å². The fourth-order valence-corrected chi connectivity index (χ4v) is 1.94. The summed E-state index contributed by atoms with van der Waals surface area (Å²) < 4.78 is 19.1. The zero-order chi connectivity index (χ0) is 12.3. The summed E-state index contributed by atoms with van der Waals surface area (Å²) in [5.41, 5.74) is 5.81. The SMILES string of the molecule is Cc1ncnc(NC2(CN)CCOCC2)c1F. The van der Waals surface area contributed by atoms with Crippen molar-refractivity contribution in [3.63, 3.8) is 0 Å².